The lowest BCUT2D eigenvalue weighted by Crippen LogP contribution is -2.36. The maximum absolute atomic E-state index is 11.1. The fourth-order valence-corrected chi connectivity index (χ4v) is 4.76. The smallest absolute Gasteiger partial charge is 0.268 e. The van der Waals surface area contributed by atoms with Gasteiger partial charge in [-0.2, -0.15) is 13.0 Å². The Morgan fingerprint density at radius 1 is 1.19 bits per heavy atom. The number of aromatic nitrogens is 1. The standard InChI is InChI=1S/C19H18N2O4S2/c1-20-14-7-2-4-9-16(14)25-18(20)13-19-21(11-6-12-27(22,23)24)15-8-3-5-10-17(15)26-19/h2-5,7-10,13H,6,11-12H2,1H3/p+1. The summed E-state index contributed by atoms with van der Waals surface area (Å²) in [5, 5.41) is 0.959. The zero-order valence-corrected chi connectivity index (χ0v) is 16.3. The van der Waals surface area contributed by atoms with E-state index in [0.717, 1.165) is 26.7 Å². The summed E-state index contributed by atoms with van der Waals surface area (Å²) in [6.45, 7) is 0.486. The second kappa shape index (κ2) is 6.95. The minimum Gasteiger partial charge on any atom is -0.438 e. The van der Waals surface area contributed by atoms with Crippen LogP contribution in [0.4, 0.5) is 5.69 Å². The van der Waals surface area contributed by atoms with E-state index in [1.54, 1.807) is 11.3 Å². The highest BCUT2D eigenvalue weighted by Crippen LogP contribution is 2.38. The molecule has 0 atom stereocenters. The van der Waals surface area contributed by atoms with Crippen LogP contribution in [-0.4, -0.2) is 25.8 Å². The molecule has 4 rings (SSSR count). The van der Waals surface area contributed by atoms with Crippen molar-refractivity contribution < 1.29 is 22.3 Å². The van der Waals surface area contributed by atoms with Crippen molar-refractivity contribution in [3.05, 3.63) is 59.4 Å². The summed E-state index contributed by atoms with van der Waals surface area (Å²) in [6.07, 6.45) is 2.30. The summed E-state index contributed by atoms with van der Waals surface area (Å²) in [5.74, 6) is 1.26. The van der Waals surface area contributed by atoms with Crippen molar-refractivity contribution >= 4 is 43.4 Å². The number of anilines is 1. The number of fused-ring (bicyclic) bond motifs is 2. The van der Waals surface area contributed by atoms with Crippen LogP contribution in [0, 0.1) is 0 Å². The Kier molecular flexibility index (Phi) is 4.63. The fraction of sp³-hybridized carbons (Fsp3) is 0.211. The molecule has 6 nitrogen and oxygen atoms in total. The zero-order valence-electron chi connectivity index (χ0n) is 14.7. The van der Waals surface area contributed by atoms with E-state index >= 15 is 0 Å². The van der Waals surface area contributed by atoms with E-state index in [2.05, 4.69) is 4.57 Å². The van der Waals surface area contributed by atoms with Crippen LogP contribution in [0.2, 0.25) is 0 Å². The number of benzene rings is 2. The maximum atomic E-state index is 11.1. The van der Waals surface area contributed by atoms with Gasteiger partial charge in [0.2, 0.25) is 11.4 Å². The molecular weight excluding hydrogens is 384 g/mol. The van der Waals surface area contributed by atoms with Crippen LogP contribution >= 0.6 is 11.3 Å². The van der Waals surface area contributed by atoms with Crippen molar-refractivity contribution in [1.82, 2.24) is 0 Å². The highest BCUT2D eigenvalue weighted by Gasteiger charge is 2.26. The first-order valence-corrected chi connectivity index (χ1v) is 10.9. The van der Waals surface area contributed by atoms with Crippen molar-refractivity contribution in [3.63, 3.8) is 0 Å². The van der Waals surface area contributed by atoms with Crippen LogP contribution in [0.1, 0.15) is 11.4 Å². The third-order valence-corrected chi connectivity index (χ3v) is 6.36. The van der Waals surface area contributed by atoms with Gasteiger partial charge in [-0.3, -0.25) is 4.55 Å². The molecular formula is C19H19N2O4S2+. The van der Waals surface area contributed by atoms with Crippen molar-refractivity contribution in [2.75, 3.05) is 17.7 Å². The number of para-hydroxylation sites is 3. The lowest BCUT2D eigenvalue weighted by atomic mass is 10.3. The Morgan fingerprint density at radius 2 is 1.93 bits per heavy atom. The Bertz CT molecular complexity index is 1140. The first-order chi connectivity index (χ1) is 12.9. The van der Waals surface area contributed by atoms with Gasteiger partial charge in [-0.1, -0.05) is 35.6 Å². The van der Waals surface area contributed by atoms with Crippen molar-refractivity contribution in [2.24, 2.45) is 0 Å². The Hall–Kier alpha value is -2.42. The molecule has 0 unspecified atom stereocenters. The molecule has 8 heteroatoms. The summed E-state index contributed by atoms with van der Waals surface area (Å²) < 4.78 is 40.3. The second-order valence-electron chi connectivity index (χ2n) is 6.31. The molecule has 1 aliphatic heterocycles. The van der Waals surface area contributed by atoms with Crippen LogP contribution in [0.3, 0.4) is 0 Å². The number of ether oxygens (including phenoxy) is 1. The van der Waals surface area contributed by atoms with E-state index in [-0.39, 0.29) is 5.75 Å². The SMILES string of the molecule is CN1/C(=C/c2sc3ccccc3[n+]2CCCS(=O)(=O)O)Oc2ccccc21. The van der Waals surface area contributed by atoms with Gasteiger partial charge < -0.3 is 9.64 Å². The molecule has 0 amide bonds. The number of hydrogen-bond donors (Lipinski definition) is 1. The molecule has 0 bridgehead atoms. The van der Waals surface area contributed by atoms with Crippen LogP contribution in [0.15, 0.2) is 54.4 Å². The lowest BCUT2D eigenvalue weighted by molar-refractivity contribution is -0.668. The van der Waals surface area contributed by atoms with Crippen LogP contribution in [0.5, 0.6) is 5.75 Å². The number of thiazole rings is 1. The van der Waals surface area contributed by atoms with Crippen LogP contribution < -0.4 is 14.2 Å². The van der Waals surface area contributed by atoms with Crippen LogP contribution in [-0.2, 0) is 16.7 Å². The minimum absolute atomic E-state index is 0.262. The molecule has 2 heterocycles. The molecule has 0 saturated heterocycles. The Balaban J connectivity index is 1.70. The number of aryl methyl sites for hydroxylation is 1. The molecule has 0 fully saturated rings. The molecule has 1 aliphatic rings. The monoisotopic (exact) mass is 403 g/mol. The van der Waals surface area contributed by atoms with E-state index in [0.29, 0.717) is 18.8 Å². The number of rotatable bonds is 5. The Labute approximate surface area is 161 Å². The topological polar surface area (TPSA) is 70.7 Å². The highest BCUT2D eigenvalue weighted by atomic mass is 32.2. The predicted molar refractivity (Wildman–Crippen MR) is 107 cm³/mol. The average molecular weight is 404 g/mol. The molecule has 2 aromatic carbocycles. The minimum atomic E-state index is -3.97. The second-order valence-corrected chi connectivity index (χ2v) is 8.94. The molecule has 0 radical (unpaired) electrons. The highest BCUT2D eigenvalue weighted by molar-refractivity contribution is 7.85. The maximum Gasteiger partial charge on any atom is 0.268 e. The average Bonchev–Trinajstić information content (AvgIpc) is 3.13. The first-order valence-electron chi connectivity index (χ1n) is 8.51. The van der Waals surface area contributed by atoms with Gasteiger partial charge >= 0.3 is 0 Å². The van der Waals surface area contributed by atoms with Gasteiger partial charge in [0.25, 0.3) is 15.1 Å². The molecule has 0 aliphatic carbocycles. The quantitative estimate of drug-likeness (QED) is 0.523. The molecule has 3 aromatic rings. The predicted octanol–water partition coefficient (Wildman–Crippen LogP) is 3.29. The normalized spacial score (nSPS) is 15.3. The van der Waals surface area contributed by atoms with Gasteiger partial charge in [0.05, 0.1) is 17.5 Å². The number of nitrogens with zero attached hydrogens (tertiary/aromatic N) is 2. The van der Waals surface area contributed by atoms with Gasteiger partial charge in [-0.25, -0.2) is 0 Å². The van der Waals surface area contributed by atoms with Crippen molar-refractivity contribution in [3.8, 4) is 5.75 Å². The van der Waals surface area contributed by atoms with Gasteiger partial charge in [-0.05, 0) is 18.2 Å². The van der Waals surface area contributed by atoms with Gasteiger partial charge in [-0.15, -0.1) is 0 Å². The van der Waals surface area contributed by atoms with E-state index in [1.807, 2.05) is 66.6 Å². The summed E-state index contributed by atoms with van der Waals surface area (Å²) >= 11 is 1.62. The van der Waals surface area contributed by atoms with Gasteiger partial charge in [0, 0.05) is 19.5 Å². The number of hydrogen-bond acceptors (Lipinski definition) is 5. The molecule has 27 heavy (non-hydrogen) atoms. The molecule has 1 N–H and O–H groups in total. The molecule has 1 aromatic heterocycles. The summed E-state index contributed by atoms with van der Waals surface area (Å²) in [7, 11) is -2.02. The first kappa shape index (κ1) is 18.0. The molecule has 0 spiro atoms. The van der Waals surface area contributed by atoms with E-state index < -0.39 is 10.1 Å². The largest absolute Gasteiger partial charge is 0.438 e. The Morgan fingerprint density at radius 3 is 2.70 bits per heavy atom. The summed E-state index contributed by atoms with van der Waals surface area (Å²) in [5.41, 5.74) is 2.03. The third kappa shape index (κ3) is 3.69. The fourth-order valence-electron chi connectivity index (χ4n) is 3.15. The van der Waals surface area contributed by atoms with E-state index in [1.165, 1.54) is 0 Å². The van der Waals surface area contributed by atoms with Crippen molar-refractivity contribution in [1.29, 1.82) is 0 Å². The van der Waals surface area contributed by atoms with Gasteiger partial charge in [0.15, 0.2) is 12.3 Å². The van der Waals surface area contributed by atoms with Gasteiger partial charge in [0.1, 0.15) is 4.70 Å². The lowest BCUT2D eigenvalue weighted by Gasteiger charge is -2.09. The molecule has 0 saturated carbocycles. The third-order valence-electron chi connectivity index (χ3n) is 4.44. The van der Waals surface area contributed by atoms with Crippen LogP contribution in [0.25, 0.3) is 16.3 Å². The van der Waals surface area contributed by atoms with E-state index in [9.17, 15) is 8.42 Å². The zero-order chi connectivity index (χ0) is 19.0. The summed E-state index contributed by atoms with van der Waals surface area (Å²) in [4.78, 5) is 1.99. The summed E-state index contributed by atoms with van der Waals surface area (Å²) in [6, 6.07) is 15.8. The molecule has 140 valence electrons. The van der Waals surface area contributed by atoms with E-state index in [4.69, 9.17) is 9.29 Å². The van der Waals surface area contributed by atoms with Crippen molar-refractivity contribution in [2.45, 2.75) is 13.0 Å².